The van der Waals surface area contributed by atoms with Gasteiger partial charge in [-0.1, -0.05) is 13.8 Å². The van der Waals surface area contributed by atoms with E-state index in [1.807, 2.05) is 4.90 Å². The van der Waals surface area contributed by atoms with Crippen LogP contribution in [0.25, 0.3) is 0 Å². The minimum absolute atomic E-state index is 0.0481. The molecule has 4 heteroatoms. The van der Waals surface area contributed by atoms with Crippen LogP contribution in [0.4, 0.5) is 0 Å². The molecule has 2 aliphatic rings. The van der Waals surface area contributed by atoms with Crippen LogP contribution in [0, 0.1) is 17.3 Å². The summed E-state index contributed by atoms with van der Waals surface area (Å²) < 4.78 is 0. The molecule has 2 atom stereocenters. The second-order valence-corrected chi connectivity index (χ2v) is 6.13. The van der Waals surface area contributed by atoms with Gasteiger partial charge >= 0.3 is 0 Å². The van der Waals surface area contributed by atoms with Gasteiger partial charge in [0.25, 0.3) is 0 Å². The maximum absolute atomic E-state index is 12.4. The molecule has 2 N–H and O–H groups in total. The summed E-state index contributed by atoms with van der Waals surface area (Å²) in [6.45, 7) is 7.82. The predicted molar refractivity (Wildman–Crippen MR) is 66.5 cm³/mol. The fourth-order valence-corrected chi connectivity index (χ4v) is 2.99. The highest BCUT2D eigenvalue weighted by molar-refractivity contribution is 5.79. The Balaban J connectivity index is 1.97. The Kier molecular flexibility index (Phi) is 3.73. The van der Waals surface area contributed by atoms with E-state index in [4.69, 9.17) is 0 Å². The molecule has 0 spiro atoms. The molecule has 0 aromatic carbocycles. The molecule has 0 aromatic heterocycles. The van der Waals surface area contributed by atoms with Crippen molar-refractivity contribution in [3.8, 4) is 0 Å². The van der Waals surface area contributed by atoms with Crippen molar-refractivity contribution in [3.05, 3.63) is 0 Å². The molecule has 0 aliphatic carbocycles. The van der Waals surface area contributed by atoms with Gasteiger partial charge < -0.3 is 15.3 Å². The van der Waals surface area contributed by atoms with Crippen LogP contribution in [-0.2, 0) is 4.79 Å². The lowest BCUT2D eigenvalue weighted by Gasteiger charge is -2.27. The Hall–Kier alpha value is -0.610. The summed E-state index contributed by atoms with van der Waals surface area (Å²) >= 11 is 0. The Morgan fingerprint density at radius 2 is 2.29 bits per heavy atom. The van der Waals surface area contributed by atoms with Crippen LogP contribution in [0.2, 0.25) is 0 Å². The summed E-state index contributed by atoms with van der Waals surface area (Å²) in [5.41, 5.74) is 0.0481. The summed E-state index contributed by atoms with van der Waals surface area (Å²) in [6.07, 6.45) is 2.10. The van der Waals surface area contributed by atoms with Gasteiger partial charge in [-0.25, -0.2) is 0 Å². The normalized spacial score (nSPS) is 32.8. The number of nitrogens with zero attached hydrogens (tertiary/aromatic N) is 1. The molecule has 17 heavy (non-hydrogen) atoms. The quantitative estimate of drug-likeness (QED) is 0.737. The van der Waals surface area contributed by atoms with E-state index in [0.717, 1.165) is 39.0 Å². The minimum atomic E-state index is 0.0481. The number of aliphatic hydroxyl groups is 1. The molecule has 2 fully saturated rings. The third-order valence-electron chi connectivity index (χ3n) is 4.32. The van der Waals surface area contributed by atoms with E-state index in [9.17, 15) is 9.90 Å². The van der Waals surface area contributed by atoms with Gasteiger partial charge in [-0.3, -0.25) is 4.79 Å². The largest absolute Gasteiger partial charge is 0.396 e. The molecule has 2 aliphatic heterocycles. The van der Waals surface area contributed by atoms with Crippen LogP contribution in [0.1, 0.15) is 26.7 Å². The smallest absolute Gasteiger partial charge is 0.226 e. The van der Waals surface area contributed by atoms with Gasteiger partial charge in [-0.2, -0.15) is 0 Å². The van der Waals surface area contributed by atoms with E-state index < -0.39 is 0 Å². The number of amides is 1. The zero-order valence-corrected chi connectivity index (χ0v) is 10.9. The molecule has 0 saturated carbocycles. The zero-order chi connectivity index (χ0) is 12.5. The standard InChI is InChI=1S/C13H24N2O2/c1-13(2)9-15(7-11(13)8-16)12(17)10-4-3-5-14-6-10/h10-11,14,16H,3-9H2,1-2H3/t10-,11-/m1/s1. The van der Waals surface area contributed by atoms with Crippen molar-refractivity contribution >= 4 is 5.91 Å². The number of nitrogens with one attached hydrogen (secondary N) is 1. The summed E-state index contributed by atoms with van der Waals surface area (Å²) in [5, 5.41) is 12.6. The second-order valence-electron chi connectivity index (χ2n) is 6.13. The first-order chi connectivity index (χ1) is 8.04. The van der Waals surface area contributed by atoms with E-state index in [2.05, 4.69) is 19.2 Å². The molecule has 0 bridgehead atoms. The van der Waals surface area contributed by atoms with Gasteiger partial charge in [-0.15, -0.1) is 0 Å². The first-order valence-corrected chi connectivity index (χ1v) is 6.65. The number of carbonyl (C=O) groups excluding carboxylic acids is 1. The van der Waals surface area contributed by atoms with Gasteiger partial charge in [-0.05, 0) is 24.8 Å². The Morgan fingerprint density at radius 1 is 1.53 bits per heavy atom. The molecule has 98 valence electrons. The molecule has 0 aromatic rings. The summed E-state index contributed by atoms with van der Waals surface area (Å²) in [5.74, 6) is 0.654. The Labute approximate surface area is 103 Å². The van der Waals surface area contributed by atoms with Gasteiger partial charge in [0, 0.05) is 32.2 Å². The van der Waals surface area contributed by atoms with E-state index in [0.29, 0.717) is 0 Å². The van der Waals surface area contributed by atoms with Crippen LogP contribution in [0.15, 0.2) is 0 Å². The van der Waals surface area contributed by atoms with E-state index in [1.165, 1.54) is 0 Å². The lowest BCUT2D eigenvalue weighted by atomic mass is 9.83. The minimum Gasteiger partial charge on any atom is -0.396 e. The van der Waals surface area contributed by atoms with Crippen LogP contribution < -0.4 is 5.32 Å². The highest BCUT2D eigenvalue weighted by atomic mass is 16.3. The van der Waals surface area contributed by atoms with Crippen molar-refractivity contribution in [3.63, 3.8) is 0 Å². The third kappa shape index (κ3) is 2.63. The van der Waals surface area contributed by atoms with Crippen LogP contribution in [0.3, 0.4) is 0 Å². The van der Waals surface area contributed by atoms with E-state index >= 15 is 0 Å². The van der Waals surface area contributed by atoms with Gasteiger partial charge in [0.15, 0.2) is 0 Å². The predicted octanol–water partition coefficient (Wildman–Crippen LogP) is 0.463. The van der Waals surface area contributed by atoms with Crippen molar-refractivity contribution in [1.29, 1.82) is 0 Å². The van der Waals surface area contributed by atoms with Crippen molar-refractivity contribution < 1.29 is 9.90 Å². The van der Waals surface area contributed by atoms with Crippen molar-refractivity contribution in [2.24, 2.45) is 17.3 Å². The fourth-order valence-electron chi connectivity index (χ4n) is 2.99. The molecule has 1 amide bonds. The maximum atomic E-state index is 12.4. The third-order valence-corrected chi connectivity index (χ3v) is 4.32. The lowest BCUT2D eigenvalue weighted by Crippen LogP contribution is -2.42. The van der Waals surface area contributed by atoms with E-state index in [1.54, 1.807) is 0 Å². The van der Waals surface area contributed by atoms with Crippen molar-refractivity contribution in [2.45, 2.75) is 26.7 Å². The Morgan fingerprint density at radius 3 is 2.82 bits per heavy atom. The molecular weight excluding hydrogens is 216 g/mol. The molecule has 2 saturated heterocycles. The fraction of sp³-hybridized carbons (Fsp3) is 0.923. The van der Waals surface area contributed by atoms with Gasteiger partial charge in [0.05, 0.1) is 5.92 Å². The molecular formula is C13H24N2O2. The summed E-state index contributed by atoms with van der Waals surface area (Å²) in [6, 6.07) is 0. The molecule has 0 unspecified atom stereocenters. The zero-order valence-electron chi connectivity index (χ0n) is 10.9. The van der Waals surface area contributed by atoms with Crippen molar-refractivity contribution in [2.75, 3.05) is 32.8 Å². The number of hydrogen-bond acceptors (Lipinski definition) is 3. The number of hydrogen-bond donors (Lipinski definition) is 2. The van der Waals surface area contributed by atoms with Gasteiger partial charge in [0.1, 0.15) is 0 Å². The number of aliphatic hydroxyl groups excluding tert-OH is 1. The number of piperidine rings is 1. The average Bonchev–Trinajstić information content (AvgIpc) is 2.64. The SMILES string of the molecule is CC1(C)CN(C(=O)[C@@H]2CCCNC2)C[C@@H]1CO. The topological polar surface area (TPSA) is 52.6 Å². The lowest BCUT2D eigenvalue weighted by molar-refractivity contribution is -0.135. The number of likely N-dealkylation sites (tertiary alicyclic amines) is 1. The van der Waals surface area contributed by atoms with Crippen LogP contribution in [-0.4, -0.2) is 48.7 Å². The van der Waals surface area contributed by atoms with Crippen LogP contribution in [0.5, 0.6) is 0 Å². The summed E-state index contributed by atoms with van der Waals surface area (Å²) in [7, 11) is 0. The molecule has 0 radical (unpaired) electrons. The Bertz CT molecular complexity index is 285. The van der Waals surface area contributed by atoms with Crippen LogP contribution >= 0.6 is 0 Å². The first-order valence-electron chi connectivity index (χ1n) is 6.65. The van der Waals surface area contributed by atoms with Crippen molar-refractivity contribution in [1.82, 2.24) is 10.2 Å². The number of carbonyl (C=O) groups is 1. The monoisotopic (exact) mass is 240 g/mol. The molecule has 4 nitrogen and oxygen atoms in total. The highest BCUT2D eigenvalue weighted by Crippen LogP contribution is 2.35. The number of rotatable bonds is 2. The average molecular weight is 240 g/mol. The maximum Gasteiger partial charge on any atom is 0.226 e. The highest BCUT2D eigenvalue weighted by Gasteiger charge is 2.42. The first kappa shape index (κ1) is 12.8. The van der Waals surface area contributed by atoms with Gasteiger partial charge in [0.2, 0.25) is 5.91 Å². The molecule has 2 heterocycles. The summed E-state index contributed by atoms with van der Waals surface area (Å²) in [4.78, 5) is 14.3. The second kappa shape index (κ2) is 4.94. The molecule has 2 rings (SSSR count). The van der Waals surface area contributed by atoms with E-state index in [-0.39, 0.29) is 29.8 Å².